The minimum absolute atomic E-state index is 0.260. The molecule has 2 rings (SSSR count). The van der Waals surface area contributed by atoms with E-state index in [-0.39, 0.29) is 5.91 Å². The van der Waals surface area contributed by atoms with E-state index in [1.54, 1.807) is 19.2 Å². The van der Waals surface area contributed by atoms with Crippen LogP contribution in [0, 0.1) is 6.92 Å². The van der Waals surface area contributed by atoms with Crippen LogP contribution in [0.25, 0.3) is 0 Å². The third-order valence-corrected chi connectivity index (χ3v) is 3.01. The van der Waals surface area contributed by atoms with Crippen molar-refractivity contribution in [3.8, 4) is 0 Å². The Kier molecular flexibility index (Phi) is 3.62. The molecule has 0 aliphatic carbocycles. The summed E-state index contributed by atoms with van der Waals surface area (Å²) in [6, 6.07) is 12.9. The molecular weight excluding hydrogens is 238 g/mol. The lowest BCUT2D eigenvalue weighted by Crippen LogP contribution is -2.45. The number of carbonyl (C=O) groups is 1. The number of nitrogens with two attached hydrogens (primary N) is 1. The van der Waals surface area contributed by atoms with E-state index < -0.39 is 5.54 Å². The predicted molar refractivity (Wildman–Crippen MR) is 75.6 cm³/mol. The van der Waals surface area contributed by atoms with Crippen LogP contribution in [0.4, 0.5) is 5.69 Å². The van der Waals surface area contributed by atoms with E-state index in [0.29, 0.717) is 5.69 Å². The normalized spacial score (nSPS) is 13.6. The molecule has 2 aromatic rings. The standard InChI is InChI=1S/C15H17N3O/c1-11-8-9-13(10-17-11)18-14(19)15(2,16)12-6-4-3-5-7-12/h3-10H,16H2,1-2H3,(H,18,19). The summed E-state index contributed by atoms with van der Waals surface area (Å²) in [6.07, 6.45) is 1.62. The Morgan fingerprint density at radius 3 is 2.47 bits per heavy atom. The summed E-state index contributed by atoms with van der Waals surface area (Å²) in [5, 5.41) is 2.78. The Labute approximate surface area is 112 Å². The highest BCUT2D eigenvalue weighted by molar-refractivity contribution is 5.98. The van der Waals surface area contributed by atoms with Crippen molar-refractivity contribution in [2.75, 3.05) is 5.32 Å². The maximum atomic E-state index is 12.3. The van der Waals surface area contributed by atoms with Crippen molar-refractivity contribution in [1.29, 1.82) is 0 Å². The quantitative estimate of drug-likeness (QED) is 0.883. The van der Waals surface area contributed by atoms with E-state index in [1.807, 2.05) is 43.3 Å². The zero-order chi connectivity index (χ0) is 13.9. The molecule has 0 aliphatic heterocycles. The van der Waals surface area contributed by atoms with Crippen LogP contribution in [0.1, 0.15) is 18.2 Å². The number of amides is 1. The first-order valence-corrected chi connectivity index (χ1v) is 6.08. The molecule has 0 fully saturated rings. The van der Waals surface area contributed by atoms with E-state index >= 15 is 0 Å². The first-order chi connectivity index (χ1) is 9.00. The molecule has 1 atom stereocenters. The monoisotopic (exact) mass is 255 g/mol. The Hall–Kier alpha value is -2.20. The molecule has 0 bridgehead atoms. The molecule has 4 heteroatoms. The topological polar surface area (TPSA) is 68.0 Å². The van der Waals surface area contributed by atoms with Crippen LogP contribution >= 0.6 is 0 Å². The number of hydrogen-bond acceptors (Lipinski definition) is 3. The average molecular weight is 255 g/mol. The van der Waals surface area contributed by atoms with Crippen LogP contribution in [0.5, 0.6) is 0 Å². The Morgan fingerprint density at radius 1 is 1.21 bits per heavy atom. The van der Waals surface area contributed by atoms with Crippen LogP contribution in [-0.4, -0.2) is 10.9 Å². The highest BCUT2D eigenvalue weighted by Crippen LogP contribution is 2.19. The molecule has 0 saturated heterocycles. The summed E-state index contributed by atoms with van der Waals surface area (Å²) in [5.74, 6) is -0.260. The lowest BCUT2D eigenvalue weighted by atomic mass is 9.92. The molecule has 0 spiro atoms. The van der Waals surface area contributed by atoms with Crippen LogP contribution in [0.2, 0.25) is 0 Å². The lowest BCUT2D eigenvalue weighted by Gasteiger charge is -2.24. The number of nitrogens with zero attached hydrogens (tertiary/aromatic N) is 1. The number of anilines is 1. The second-order valence-electron chi connectivity index (χ2n) is 4.71. The van der Waals surface area contributed by atoms with Gasteiger partial charge in [-0.1, -0.05) is 30.3 Å². The van der Waals surface area contributed by atoms with Gasteiger partial charge in [0.2, 0.25) is 5.91 Å². The Balaban J connectivity index is 2.17. The van der Waals surface area contributed by atoms with E-state index in [1.165, 1.54) is 0 Å². The summed E-state index contributed by atoms with van der Waals surface area (Å²) < 4.78 is 0. The lowest BCUT2D eigenvalue weighted by molar-refractivity contribution is -0.120. The SMILES string of the molecule is Cc1ccc(NC(=O)C(C)(N)c2ccccc2)cn1. The number of benzene rings is 1. The van der Waals surface area contributed by atoms with Gasteiger partial charge in [-0.05, 0) is 31.5 Å². The summed E-state index contributed by atoms with van der Waals surface area (Å²) >= 11 is 0. The minimum atomic E-state index is -1.08. The summed E-state index contributed by atoms with van der Waals surface area (Å²) in [4.78, 5) is 16.4. The van der Waals surface area contributed by atoms with Gasteiger partial charge in [0, 0.05) is 5.69 Å². The molecule has 1 aromatic heterocycles. The van der Waals surface area contributed by atoms with Crippen LogP contribution in [0.3, 0.4) is 0 Å². The third kappa shape index (κ3) is 2.98. The average Bonchev–Trinajstić information content (AvgIpc) is 2.42. The number of aryl methyl sites for hydroxylation is 1. The van der Waals surface area contributed by atoms with E-state index in [9.17, 15) is 4.79 Å². The number of aromatic nitrogens is 1. The fourth-order valence-corrected chi connectivity index (χ4v) is 1.72. The molecule has 3 N–H and O–H groups in total. The largest absolute Gasteiger partial charge is 0.323 e. The number of rotatable bonds is 3. The third-order valence-electron chi connectivity index (χ3n) is 3.01. The van der Waals surface area contributed by atoms with E-state index in [0.717, 1.165) is 11.3 Å². The van der Waals surface area contributed by atoms with Gasteiger partial charge in [-0.15, -0.1) is 0 Å². The van der Waals surface area contributed by atoms with Gasteiger partial charge in [0.05, 0.1) is 11.9 Å². The summed E-state index contributed by atoms with van der Waals surface area (Å²) in [5.41, 5.74) is 7.36. The Bertz CT molecular complexity index is 562. The maximum Gasteiger partial charge on any atom is 0.248 e. The van der Waals surface area contributed by atoms with Crippen molar-refractivity contribution in [3.63, 3.8) is 0 Å². The van der Waals surface area contributed by atoms with Crippen molar-refractivity contribution in [2.45, 2.75) is 19.4 Å². The van der Waals surface area contributed by atoms with Gasteiger partial charge in [-0.25, -0.2) is 0 Å². The zero-order valence-electron chi connectivity index (χ0n) is 11.1. The highest BCUT2D eigenvalue weighted by Gasteiger charge is 2.30. The van der Waals surface area contributed by atoms with E-state index in [2.05, 4.69) is 10.3 Å². The first-order valence-electron chi connectivity index (χ1n) is 6.08. The van der Waals surface area contributed by atoms with Gasteiger partial charge in [-0.2, -0.15) is 0 Å². The smallest absolute Gasteiger partial charge is 0.248 e. The summed E-state index contributed by atoms with van der Waals surface area (Å²) in [6.45, 7) is 3.59. The predicted octanol–water partition coefficient (Wildman–Crippen LogP) is 2.20. The van der Waals surface area contributed by atoms with Crippen LogP contribution in [0.15, 0.2) is 48.7 Å². The molecule has 0 saturated carbocycles. The molecule has 0 aliphatic rings. The van der Waals surface area contributed by atoms with Crippen molar-refractivity contribution in [2.24, 2.45) is 5.73 Å². The minimum Gasteiger partial charge on any atom is -0.323 e. The van der Waals surface area contributed by atoms with Crippen molar-refractivity contribution < 1.29 is 4.79 Å². The maximum absolute atomic E-state index is 12.3. The zero-order valence-corrected chi connectivity index (χ0v) is 11.1. The fraction of sp³-hybridized carbons (Fsp3) is 0.200. The molecule has 19 heavy (non-hydrogen) atoms. The molecule has 1 unspecified atom stereocenters. The fourth-order valence-electron chi connectivity index (χ4n) is 1.72. The van der Waals surface area contributed by atoms with Gasteiger partial charge in [0.1, 0.15) is 5.54 Å². The number of pyridine rings is 1. The Morgan fingerprint density at radius 2 is 1.89 bits per heavy atom. The van der Waals surface area contributed by atoms with Crippen molar-refractivity contribution in [3.05, 3.63) is 59.9 Å². The first kappa shape index (κ1) is 13.2. The highest BCUT2D eigenvalue weighted by atomic mass is 16.2. The van der Waals surface area contributed by atoms with E-state index in [4.69, 9.17) is 5.73 Å². The van der Waals surface area contributed by atoms with Crippen molar-refractivity contribution in [1.82, 2.24) is 4.98 Å². The van der Waals surface area contributed by atoms with Gasteiger partial charge in [0.25, 0.3) is 0 Å². The molecule has 1 heterocycles. The van der Waals surface area contributed by atoms with Gasteiger partial charge in [-0.3, -0.25) is 9.78 Å². The van der Waals surface area contributed by atoms with Crippen molar-refractivity contribution >= 4 is 11.6 Å². The van der Waals surface area contributed by atoms with Crippen LogP contribution < -0.4 is 11.1 Å². The second kappa shape index (κ2) is 5.20. The summed E-state index contributed by atoms with van der Waals surface area (Å²) in [7, 11) is 0. The molecule has 1 amide bonds. The molecular formula is C15H17N3O. The van der Waals surface area contributed by atoms with Gasteiger partial charge >= 0.3 is 0 Å². The van der Waals surface area contributed by atoms with Gasteiger partial charge in [0.15, 0.2) is 0 Å². The second-order valence-corrected chi connectivity index (χ2v) is 4.71. The number of nitrogens with one attached hydrogen (secondary N) is 1. The van der Waals surface area contributed by atoms with Gasteiger partial charge < -0.3 is 11.1 Å². The molecule has 1 aromatic carbocycles. The molecule has 4 nitrogen and oxygen atoms in total. The number of hydrogen-bond donors (Lipinski definition) is 2. The molecule has 0 radical (unpaired) electrons. The number of carbonyl (C=O) groups excluding carboxylic acids is 1. The van der Waals surface area contributed by atoms with Crippen LogP contribution in [-0.2, 0) is 10.3 Å². The molecule has 98 valence electrons.